The number of amides is 1. The molecule has 2 heterocycles. The lowest BCUT2D eigenvalue weighted by Crippen LogP contribution is -2.44. The first-order valence-corrected chi connectivity index (χ1v) is 6.68. The second kappa shape index (κ2) is 8.69. The van der Waals surface area contributed by atoms with Crippen molar-refractivity contribution in [3.8, 4) is 0 Å². The highest BCUT2D eigenvalue weighted by atomic mass is 35.5. The van der Waals surface area contributed by atoms with Crippen LogP contribution in [0.3, 0.4) is 0 Å². The number of carbonyl (C=O) groups is 1. The van der Waals surface area contributed by atoms with E-state index >= 15 is 0 Å². The smallest absolute Gasteiger partial charge is 0.249 e. The van der Waals surface area contributed by atoms with Crippen LogP contribution in [0.15, 0.2) is 0 Å². The van der Waals surface area contributed by atoms with Crippen LogP contribution in [0.1, 0.15) is 19.3 Å². The molecular weight excluding hydrogens is 254 g/mol. The molecule has 0 saturated carbocycles. The predicted octanol–water partition coefficient (Wildman–Crippen LogP) is -0.00130. The average Bonchev–Trinajstić information content (AvgIpc) is 2.89. The highest BCUT2D eigenvalue weighted by molar-refractivity contribution is 5.85. The van der Waals surface area contributed by atoms with Crippen molar-refractivity contribution in [3.63, 3.8) is 0 Å². The fourth-order valence-electron chi connectivity index (χ4n) is 2.35. The van der Waals surface area contributed by atoms with Gasteiger partial charge in [0.1, 0.15) is 6.10 Å². The number of piperazine rings is 1. The standard InChI is InChI=1S/C12H23N3O2.ClH/c16-12(11-3-1-10-17-11)14-4-2-7-15-8-5-13-6-9-15;/h11,13H,1-10H2,(H,14,16);1H. The number of nitrogens with zero attached hydrogens (tertiary/aromatic N) is 1. The second-order valence-corrected chi connectivity index (χ2v) is 4.74. The molecule has 0 spiro atoms. The minimum Gasteiger partial charge on any atom is -0.368 e. The first-order valence-electron chi connectivity index (χ1n) is 6.68. The van der Waals surface area contributed by atoms with E-state index in [1.807, 2.05) is 0 Å². The molecule has 2 rings (SSSR count). The van der Waals surface area contributed by atoms with Gasteiger partial charge in [-0.1, -0.05) is 0 Å². The summed E-state index contributed by atoms with van der Waals surface area (Å²) in [6.07, 6.45) is 2.73. The van der Waals surface area contributed by atoms with Gasteiger partial charge in [0.25, 0.3) is 0 Å². The number of halogens is 1. The fraction of sp³-hybridized carbons (Fsp3) is 0.917. The number of nitrogens with one attached hydrogen (secondary N) is 2. The number of carbonyl (C=O) groups excluding carboxylic acids is 1. The van der Waals surface area contributed by atoms with Gasteiger partial charge < -0.3 is 20.3 Å². The van der Waals surface area contributed by atoms with Gasteiger partial charge in [-0.2, -0.15) is 0 Å². The SMILES string of the molecule is Cl.O=C(NCCCN1CCNCC1)C1CCCO1. The molecule has 6 heteroatoms. The van der Waals surface area contributed by atoms with Crippen molar-refractivity contribution in [1.29, 1.82) is 0 Å². The maximum absolute atomic E-state index is 11.6. The van der Waals surface area contributed by atoms with Crippen molar-refractivity contribution in [3.05, 3.63) is 0 Å². The molecule has 0 aromatic carbocycles. The Kier molecular flexibility index (Phi) is 7.58. The highest BCUT2D eigenvalue weighted by Crippen LogP contribution is 2.11. The van der Waals surface area contributed by atoms with Gasteiger partial charge in [-0.3, -0.25) is 4.79 Å². The summed E-state index contributed by atoms with van der Waals surface area (Å²) in [6, 6.07) is 0. The number of hydrogen-bond acceptors (Lipinski definition) is 4. The van der Waals surface area contributed by atoms with Gasteiger partial charge in [-0.05, 0) is 25.8 Å². The lowest BCUT2D eigenvalue weighted by molar-refractivity contribution is -0.130. The molecule has 0 aromatic rings. The van der Waals surface area contributed by atoms with Crippen molar-refractivity contribution in [2.24, 2.45) is 0 Å². The molecule has 2 aliphatic heterocycles. The van der Waals surface area contributed by atoms with E-state index in [0.29, 0.717) is 0 Å². The normalized spacial score (nSPS) is 24.6. The Morgan fingerprint density at radius 1 is 1.39 bits per heavy atom. The Bertz CT molecular complexity index is 241. The summed E-state index contributed by atoms with van der Waals surface area (Å²) in [5.74, 6) is 0.0720. The van der Waals surface area contributed by atoms with Crippen LogP contribution in [0.25, 0.3) is 0 Å². The minimum atomic E-state index is -0.186. The van der Waals surface area contributed by atoms with Crippen molar-refractivity contribution in [2.45, 2.75) is 25.4 Å². The topological polar surface area (TPSA) is 53.6 Å². The first-order chi connectivity index (χ1) is 8.36. The van der Waals surface area contributed by atoms with E-state index in [9.17, 15) is 4.79 Å². The van der Waals surface area contributed by atoms with Crippen molar-refractivity contribution in [2.75, 3.05) is 45.9 Å². The molecule has 18 heavy (non-hydrogen) atoms. The summed E-state index contributed by atoms with van der Waals surface area (Å²) in [7, 11) is 0. The van der Waals surface area contributed by atoms with Crippen LogP contribution >= 0.6 is 12.4 Å². The van der Waals surface area contributed by atoms with Gasteiger partial charge in [-0.25, -0.2) is 0 Å². The molecule has 2 saturated heterocycles. The van der Waals surface area contributed by atoms with Crippen molar-refractivity contribution in [1.82, 2.24) is 15.5 Å². The van der Waals surface area contributed by atoms with E-state index in [1.165, 1.54) is 0 Å². The molecule has 5 nitrogen and oxygen atoms in total. The molecule has 1 unspecified atom stereocenters. The third-order valence-corrected chi connectivity index (χ3v) is 3.38. The Morgan fingerprint density at radius 3 is 2.83 bits per heavy atom. The van der Waals surface area contributed by atoms with Crippen LogP contribution in [0.5, 0.6) is 0 Å². The molecule has 106 valence electrons. The molecule has 0 aliphatic carbocycles. The number of rotatable bonds is 5. The van der Waals surface area contributed by atoms with Gasteiger partial charge in [0.05, 0.1) is 0 Å². The average molecular weight is 278 g/mol. The number of ether oxygens (including phenoxy) is 1. The summed E-state index contributed by atoms with van der Waals surface area (Å²) in [5, 5.41) is 6.29. The predicted molar refractivity (Wildman–Crippen MR) is 73.2 cm³/mol. The molecule has 0 aromatic heterocycles. The Morgan fingerprint density at radius 2 is 2.17 bits per heavy atom. The van der Waals surface area contributed by atoms with Gasteiger partial charge in [-0.15, -0.1) is 12.4 Å². The molecule has 2 fully saturated rings. The number of hydrogen-bond donors (Lipinski definition) is 2. The third-order valence-electron chi connectivity index (χ3n) is 3.38. The van der Waals surface area contributed by atoms with Gasteiger partial charge in [0.15, 0.2) is 0 Å². The van der Waals surface area contributed by atoms with Crippen molar-refractivity contribution >= 4 is 18.3 Å². The molecule has 1 atom stereocenters. The molecule has 1 amide bonds. The summed E-state index contributed by atoms with van der Waals surface area (Å²) in [5.41, 5.74) is 0. The zero-order valence-electron chi connectivity index (χ0n) is 10.8. The van der Waals surface area contributed by atoms with Crippen LogP contribution < -0.4 is 10.6 Å². The molecule has 2 N–H and O–H groups in total. The van der Waals surface area contributed by atoms with Crippen molar-refractivity contribution < 1.29 is 9.53 Å². The minimum absolute atomic E-state index is 0. The summed E-state index contributed by atoms with van der Waals surface area (Å²) < 4.78 is 5.33. The zero-order chi connectivity index (χ0) is 11.9. The van der Waals surface area contributed by atoms with E-state index in [-0.39, 0.29) is 24.4 Å². The Balaban J connectivity index is 0.00000162. The van der Waals surface area contributed by atoms with Gasteiger partial charge >= 0.3 is 0 Å². The zero-order valence-corrected chi connectivity index (χ0v) is 11.6. The van der Waals surface area contributed by atoms with Crippen LogP contribution in [-0.4, -0.2) is 62.8 Å². The van der Waals surface area contributed by atoms with E-state index < -0.39 is 0 Å². The lowest BCUT2D eigenvalue weighted by Gasteiger charge is -2.27. The first kappa shape index (κ1) is 15.7. The third kappa shape index (κ3) is 5.10. The molecule has 0 radical (unpaired) electrons. The monoisotopic (exact) mass is 277 g/mol. The Labute approximate surface area is 115 Å². The summed E-state index contributed by atoms with van der Waals surface area (Å²) in [4.78, 5) is 14.1. The maximum atomic E-state index is 11.6. The molecule has 2 aliphatic rings. The van der Waals surface area contributed by atoms with Crippen LogP contribution in [0, 0.1) is 0 Å². The van der Waals surface area contributed by atoms with E-state index in [2.05, 4.69) is 15.5 Å². The van der Waals surface area contributed by atoms with E-state index in [1.54, 1.807) is 0 Å². The quantitative estimate of drug-likeness (QED) is 0.695. The van der Waals surface area contributed by atoms with Gasteiger partial charge in [0, 0.05) is 39.3 Å². The van der Waals surface area contributed by atoms with Crippen LogP contribution in [-0.2, 0) is 9.53 Å². The van der Waals surface area contributed by atoms with E-state index in [0.717, 1.165) is 65.1 Å². The molecule has 0 bridgehead atoms. The van der Waals surface area contributed by atoms with Crippen LogP contribution in [0.4, 0.5) is 0 Å². The lowest BCUT2D eigenvalue weighted by atomic mass is 10.2. The summed E-state index contributed by atoms with van der Waals surface area (Å²) >= 11 is 0. The highest BCUT2D eigenvalue weighted by Gasteiger charge is 2.22. The fourth-order valence-corrected chi connectivity index (χ4v) is 2.35. The van der Waals surface area contributed by atoms with Crippen LogP contribution in [0.2, 0.25) is 0 Å². The van der Waals surface area contributed by atoms with Gasteiger partial charge in [0.2, 0.25) is 5.91 Å². The summed E-state index contributed by atoms with van der Waals surface area (Å²) in [6.45, 7) is 7.00. The molecular formula is C12H24ClN3O2. The largest absolute Gasteiger partial charge is 0.368 e. The maximum Gasteiger partial charge on any atom is 0.249 e. The Hall–Kier alpha value is -0.360. The second-order valence-electron chi connectivity index (χ2n) is 4.74. The van der Waals surface area contributed by atoms with E-state index in [4.69, 9.17) is 4.74 Å².